The zero-order valence-corrected chi connectivity index (χ0v) is 16.9. The van der Waals surface area contributed by atoms with Crippen LogP contribution >= 0.6 is 0 Å². The fraction of sp³-hybridized carbons (Fsp3) is 0.261. The van der Waals surface area contributed by atoms with E-state index in [2.05, 4.69) is 12.0 Å². The Morgan fingerprint density at radius 1 is 1.03 bits per heavy atom. The summed E-state index contributed by atoms with van der Waals surface area (Å²) >= 11 is 0. The van der Waals surface area contributed by atoms with Gasteiger partial charge in [-0.1, -0.05) is 37.3 Å². The summed E-state index contributed by atoms with van der Waals surface area (Å²) in [4.78, 5) is 12.2. The Balaban J connectivity index is 1.98. The Hall–Kier alpha value is -3.41. The molecule has 6 heteroatoms. The lowest BCUT2D eigenvalue weighted by molar-refractivity contribution is 0.317. The second-order valence-corrected chi connectivity index (χ2v) is 7.23. The number of nitrogens with zero attached hydrogens (tertiary/aromatic N) is 4. The highest BCUT2D eigenvalue weighted by atomic mass is 16.5. The molecule has 0 aliphatic rings. The molecule has 0 amide bonds. The van der Waals surface area contributed by atoms with Gasteiger partial charge in [0, 0.05) is 23.9 Å². The molecule has 0 aliphatic carbocycles. The molecular formula is C23H24N4O2. The predicted molar refractivity (Wildman–Crippen MR) is 114 cm³/mol. The molecule has 6 nitrogen and oxygen atoms in total. The van der Waals surface area contributed by atoms with Crippen LogP contribution in [0.15, 0.2) is 65.6 Å². The molecule has 29 heavy (non-hydrogen) atoms. The van der Waals surface area contributed by atoms with Crippen LogP contribution in [0.2, 0.25) is 0 Å². The molecule has 0 saturated carbocycles. The van der Waals surface area contributed by atoms with E-state index in [-0.39, 0.29) is 11.6 Å². The molecule has 0 aliphatic heterocycles. The van der Waals surface area contributed by atoms with E-state index in [1.165, 1.54) is 4.68 Å². The first-order chi connectivity index (χ1) is 14.1. The number of benzene rings is 1. The van der Waals surface area contributed by atoms with E-state index in [9.17, 15) is 4.79 Å². The minimum atomic E-state index is -0.117. The molecule has 1 aromatic carbocycles. The van der Waals surface area contributed by atoms with E-state index in [1.807, 2.05) is 67.0 Å². The molecular weight excluding hydrogens is 364 g/mol. The molecule has 0 radical (unpaired) electrons. The minimum absolute atomic E-state index is 0.0343. The second-order valence-electron chi connectivity index (χ2n) is 7.23. The van der Waals surface area contributed by atoms with Crippen molar-refractivity contribution in [2.45, 2.75) is 33.2 Å². The van der Waals surface area contributed by atoms with Gasteiger partial charge in [-0.05, 0) is 32.4 Å². The van der Waals surface area contributed by atoms with E-state index >= 15 is 0 Å². The number of pyridine rings is 1. The van der Waals surface area contributed by atoms with Crippen molar-refractivity contribution in [2.24, 2.45) is 0 Å². The maximum absolute atomic E-state index is 12.2. The third kappa shape index (κ3) is 3.66. The van der Waals surface area contributed by atoms with E-state index in [0.29, 0.717) is 12.3 Å². The number of rotatable bonds is 6. The van der Waals surface area contributed by atoms with Gasteiger partial charge in [0.2, 0.25) is 0 Å². The number of hydrogen-bond donors (Lipinski definition) is 0. The standard InChI is InChI=1S/C23H24N4O2/c1-4-14-29-18-12-13-26-20(15-18)22(23(25-26)17-8-6-5-7-9-17)19-10-11-21(28)27(24-19)16(2)3/h5-13,15-16H,4,14H2,1-3H3. The Morgan fingerprint density at radius 2 is 1.83 bits per heavy atom. The summed E-state index contributed by atoms with van der Waals surface area (Å²) in [6.07, 6.45) is 2.84. The number of ether oxygens (including phenoxy) is 1. The van der Waals surface area contributed by atoms with Gasteiger partial charge in [-0.2, -0.15) is 10.2 Å². The van der Waals surface area contributed by atoms with Crippen LogP contribution < -0.4 is 10.3 Å². The Morgan fingerprint density at radius 3 is 2.55 bits per heavy atom. The molecule has 0 bridgehead atoms. The van der Waals surface area contributed by atoms with Gasteiger partial charge in [-0.3, -0.25) is 4.79 Å². The topological polar surface area (TPSA) is 61.4 Å². The van der Waals surface area contributed by atoms with Crippen molar-refractivity contribution in [2.75, 3.05) is 6.61 Å². The fourth-order valence-electron chi connectivity index (χ4n) is 3.32. The Kier molecular flexibility index (Phi) is 5.16. The third-order valence-corrected chi connectivity index (χ3v) is 4.70. The van der Waals surface area contributed by atoms with Crippen LogP contribution in [0.3, 0.4) is 0 Å². The summed E-state index contributed by atoms with van der Waals surface area (Å²) in [5, 5.41) is 9.46. The number of aromatic nitrogens is 4. The van der Waals surface area contributed by atoms with Crippen LogP contribution in [0.5, 0.6) is 5.75 Å². The fourth-order valence-corrected chi connectivity index (χ4v) is 3.32. The van der Waals surface area contributed by atoms with Crippen LogP contribution in [-0.2, 0) is 0 Å². The molecule has 0 fully saturated rings. The van der Waals surface area contributed by atoms with Crippen LogP contribution in [-0.4, -0.2) is 26.0 Å². The lowest BCUT2D eigenvalue weighted by atomic mass is 10.0. The van der Waals surface area contributed by atoms with Crippen molar-refractivity contribution >= 4 is 5.52 Å². The highest BCUT2D eigenvalue weighted by Crippen LogP contribution is 2.35. The van der Waals surface area contributed by atoms with E-state index in [4.69, 9.17) is 9.84 Å². The maximum atomic E-state index is 12.2. The molecule has 4 rings (SSSR count). The van der Waals surface area contributed by atoms with Crippen molar-refractivity contribution in [3.63, 3.8) is 0 Å². The molecule has 4 aromatic rings. The highest BCUT2D eigenvalue weighted by molar-refractivity contribution is 5.91. The molecule has 148 valence electrons. The van der Waals surface area contributed by atoms with Crippen LogP contribution in [0.1, 0.15) is 33.2 Å². The van der Waals surface area contributed by atoms with Gasteiger partial charge in [0.15, 0.2) is 0 Å². The molecule has 0 atom stereocenters. The van der Waals surface area contributed by atoms with Crippen molar-refractivity contribution in [1.29, 1.82) is 0 Å². The van der Waals surface area contributed by atoms with Crippen molar-refractivity contribution in [3.05, 3.63) is 71.1 Å². The number of hydrogen-bond acceptors (Lipinski definition) is 4. The largest absolute Gasteiger partial charge is 0.493 e. The summed E-state index contributed by atoms with van der Waals surface area (Å²) in [7, 11) is 0. The van der Waals surface area contributed by atoms with E-state index in [0.717, 1.165) is 34.5 Å². The summed E-state index contributed by atoms with van der Waals surface area (Å²) in [5.41, 5.74) is 4.17. The van der Waals surface area contributed by atoms with Gasteiger partial charge >= 0.3 is 0 Å². The normalized spacial score (nSPS) is 11.3. The second kappa shape index (κ2) is 7.91. The van der Waals surface area contributed by atoms with E-state index in [1.54, 1.807) is 12.1 Å². The van der Waals surface area contributed by atoms with Gasteiger partial charge in [0.05, 0.1) is 29.4 Å². The Labute approximate surface area is 169 Å². The van der Waals surface area contributed by atoms with Gasteiger partial charge in [-0.25, -0.2) is 9.20 Å². The van der Waals surface area contributed by atoms with Crippen LogP contribution in [0.4, 0.5) is 0 Å². The smallest absolute Gasteiger partial charge is 0.267 e. The van der Waals surface area contributed by atoms with Crippen molar-refractivity contribution in [3.8, 4) is 28.3 Å². The first kappa shape index (κ1) is 18.9. The van der Waals surface area contributed by atoms with Crippen LogP contribution in [0.25, 0.3) is 28.0 Å². The molecule has 3 aromatic heterocycles. The highest BCUT2D eigenvalue weighted by Gasteiger charge is 2.19. The Bertz CT molecular complexity index is 1190. The molecule has 3 heterocycles. The summed E-state index contributed by atoms with van der Waals surface area (Å²) < 4.78 is 9.17. The molecule has 0 spiro atoms. The minimum Gasteiger partial charge on any atom is -0.493 e. The summed E-state index contributed by atoms with van der Waals surface area (Å²) in [6.45, 7) is 6.63. The maximum Gasteiger partial charge on any atom is 0.267 e. The molecule has 0 unspecified atom stereocenters. The predicted octanol–water partition coefficient (Wildman–Crippen LogP) is 4.59. The van der Waals surface area contributed by atoms with Crippen LogP contribution in [0, 0.1) is 0 Å². The van der Waals surface area contributed by atoms with Gasteiger partial charge in [0.25, 0.3) is 5.56 Å². The monoisotopic (exact) mass is 388 g/mol. The average Bonchev–Trinajstić information content (AvgIpc) is 3.12. The van der Waals surface area contributed by atoms with Crippen molar-refractivity contribution in [1.82, 2.24) is 19.4 Å². The average molecular weight is 388 g/mol. The van der Waals surface area contributed by atoms with Gasteiger partial charge in [-0.15, -0.1) is 0 Å². The quantitative estimate of drug-likeness (QED) is 0.484. The van der Waals surface area contributed by atoms with Gasteiger partial charge < -0.3 is 4.74 Å². The SMILES string of the molecule is CCCOc1ccn2nc(-c3ccccc3)c(-c3ccc(=O)n(C(C)C)n3)c2c1. The zero-order chi connectivity index (χ0) is 20.4. The number of fused-ring (bicyclic) bond motifs is 1. The molecule has 0 saturated heterocycles. The lowest BCUT2D eigenvalue weighted by Crippen LogP contribution is -2.23. The first-order valence-electron chi connectivity index (χ1n) is 9.89. The van der Waals surface area contributed by atoms with E-state index < -0.39 is 0 Å². The zero-order valence-electron chi connectivity index (χ0n) is 16.9. The molecule has 0 N–H and O–H groups in total. The summed E-state index contributed by atoms with van der Waals surface area (Å²) in [5.74, 6) is 0.789. The summed E-state index contributed by atoms with van der Waals surface area (Å²) in [6, 6.07) is 17.2. The van der Waals surface area contributed by atoms with Crippen molar-refractivity contribution < 1.29 is 4.74 Å². The first-order valence-corrected chi connectivity index (χ1v) is 9.89. The lowest BCUT2D eigenvalue weighted by Gasteiger charge is -2.11. The van der Waals surface area contributed by atoms with Gasteiger partial charge in [0.1, 0.15) is 11.4 Å². The third-order valence-electron chi connectivity index (χ3n) is 4.70.